The first-order valence-electron chi connectivity index (χ1n) is 9.70. The number of aromatic hydroxyl groups is 5. The molecule has 13 nitrogen and oxygen atoms in total. The van der Waals surface area contributed by atoms with E-state index in [9.17, 15) is 30.3 Å². The van der Waals surface area contributed by atoms with Gasteiger partial charge in [0, 0.05) is 5.56 Å². The van der Waals surface area contributed by atoms with Gasteiger partial charge in [0.15, 0.2) is 23.4 Å². The number of ether oxygens (including phenoxy) is 1. The molecule has 34 heavy (non-hydrogen) atoms. The van der Waals surface area contributed by atoms with E-state index >= 15 is 0 Å². The Morgan fingerprint density at radius 3 is 1.91 bits per heavy atom. The molecule has 10 N–H and O–H groups in total. The van der Waals surface area contributed by atoms with Crippen LogP contribution in [0, 0.1) is 0 Å². The molecule has 0 radical (unpaired) electrons. The maximum atomic E-state index is 12.2. The first kappa shape index (κ1) is 25.0. The summed E-state index contributed by atoms with van der Waals surface area (Å²) >= 11 is 0. The van der Waals surface area contributed by atoms with Crippen LogP contribution in [0.2, 0.25) is 0 Å². The van der Waals surface area contributed by atoms with Gasteiger partial charge in [-0.3, -0.25) is 4.79 Å². The lowest BCUT2D eigenvalue weighted by atomic mass is 10.00. The average molecular weight is 482 g/mol. The number of fused-ring (bicyclic) bond motifs is 1. The highest BCUT2D eigenvalue weighted by molar-refractivity contribution is 5.95. The van der Waals surface area contributed by atoms with Crippen molar-refractivity contribution < 1.29 is 60.2 Å². The Bertz CT molecular complexity index is 1220. The van der Waals surface area contributed by atoms with Crippen molar-refractivity contribution in [2.24, 2.45) is 0 Å². The van der Waals surface area contributed by atoms with E-state index in [1.807, 2.05) is 0 Å². The summed E-state index contributed by atoms with van der Waals surface area (Å²) in [6.45, 7) is -0.526. The van der Waals surface area contributed by atoms with E-state index in [0.29, 0.717) is 5.56 Å². The third kappa shape index (κ3) is 4.31. The molecule has 184 valence electrons. The second-order valence-electron chi connectivity index (χ2n) is 7.29. The summed E-state index contributed by atoms with van der Waals surface area (Å²) in [7, 11) is 0. The van der Waals surface area contributed by atoms with Gasteiger partial charge in [-0.05, 0) is 0 Å². The number of hydrogen-bond donors (Lipinski definition) is 10. The van der Waals surface area contributed by atoms with Gasteiger partial charge in [0.25, 0.3) is 0 Å². The van der Waals surface area contributed by atoms with Crippen LogP contribution in [-0.2, 0) is 4.74 Å². The zero-order chi connectivity index (χ0) is 25.3. The van der Waals surface area contributed by atoms with Crippen LogP contribution in [0.3, 0.4) is 0 Å². The molecule has 2 aromatic carbocycles. The van der Waals surface area contributed by atoms with Crippen molar-refractivity contribution in [3.05, 3.63) is 40.6 Å². The highest BCUT2D eigenvalue weighted by Gasteiger charge is 2.42. The normalized spacial score (nSPS) is 24.4. The van der Waals surface area contributed by atoms with Gasteiger partial charge in [-0.1, -0.05) is 30.3 Å². The minimum absolute atomic E-state index is 0.238. The van der Waals surface area contributed by atoms with Crippen LogP contribution >= 0.6 is 0 Å². The van der Waals surface area contributed by atoms with Crippen LogP contribution < -0.4 is 5.43 Å². The third-order valence-corrected chi connectivity index (χ3v) is 5.12. The molecule has 1 fully saturated rings. The largest absolute Gasteiger partial charge is 0.504 e. The molecule has 1 aliphatic rings. The maximum absolute atomic E-state index is 12.2. The molecule has 13 heteroatoms. The van der Waals surface area contributed by atoms with Gasteiger partial charge < -0.3 is 60.2 Å². The van der Waals surface area contributed by atoms with Crippen LogP contribution in [0.5, 0.6) is 28.7 Å². The molecule has 0 saturated carbocycles. The smallest absolute Gasteiger partial charge is 0.239 e. The molecule has 0 spiro atoms. The molecule has 1 unspecified atom stereocenters. The lowest BCUT2D eigenvalue weighted by molar-refractivity contribution is -0.286. The van der Waals surface area contributed by atoms with E-state index in [-0.39, 0.29) is 5.76 Å². The lowest BCUT2D eigenvalue weighted by Crippen LogP contribution is -2.58. The highest BCUT2D eigenvalue weighted by atomic mass is 16.6. The Hall–Kier alpha value is -3.59. The van der Waals surface area contributed by atoms with Gasteiger partial charge in [0.05, 0.1) is 6.61 Å². The van der Waals surface area contributed by atoms with Crippen molar-refractivity contribution in [1.82, 2.24) is 0 Å². The molecule has 4 rings (SSSR count). The minimum Gasteiger partial charge on any atom is -0.504 e. The molecule has 3 aromatic rings. The number of phenolic OH excluding ortho intramolecular Hbond substituents is 4. The zero-order valence-electron chi connectivity index (χ0n) is 17.2. The standard InChI is InChI=1S/C15H10O7.C6H12O6/c16-8-7-9(17)12(20)14(6-4-2-1-3-5-6)22-15(7)13(21)11(19)10(8)18;7-1-2-3(8)4(9)5(10)6(11)12-2/h1-5,16,18-21H;2-11H,1H2/t;2-,3-,4+,5-,6?/m.1/s1. The van der Waals surface area contributed by atoms with Crippen molar-refractivity contribution in [3.8, 4) is 40.1 Å². The van der Waals surface area contributed by atoms with Crippen LogP contribution in [0.4, 0.5) is 0 Å². The number of phenols is 4. The predicted molar refractivity (Wildman–Crippen MR) is 112 cm³/mol. The van der Waals surface area contributed by atoms with Gasteiger partial charge in [-0.2, -0.15) is 0 Å². The van der Waals surface area contributed by atoms with E-state index in [1.54, 1.807) is 30.3 Å². The van der Waals surface area contributed by atoms with Gasteiger partial charge in [0.1, 0.15) is 29.8 Å². The average Bonchev–Trinajstić information content (AvgIpc) is 2.84. The molecule has 5 atom stereocenters. The SMILES string of the molecule is O=c1c(O)c(-c2ccccc2)oc2c(O)c(O)c(O)c(O)c12.OC[C@H]1OC(O)[C@H](O)[C@@H](O)[C@@H]1O. The van der Waals surface area contributed by atoms with E-state index in [2.05, 4.69) is 4.74 Å². The minimum atomic E-state index is -1.57. The van der Waals surface area contributed by atoms with Crippen molar-refractivity contribution >= 4 is 11.0 Å². The summed E-state index contributed by atoms with van der Waals surface area (Å²) in [6, 6.07) is 8.12. The van der Waals surface area contributed by atoms with E-state index < -0.39 is 82.5 Å². The molecule has 1 saturated heterocycles. The quantitative estimate of drug-likeness (QED) is 0.152. The molecular formula is C21H22O13. The van der Waals surface area contributed by atoms with Crippen LogP contribution in [0.15, 0.2) is 39.5 Å². The first-order valence-corrected chi connectivity index (χ1v) is 9.70. The summed E-state index contributed by atoms with van der Waals surface area (Å²) in [6.07, 6.45) is -7.04. The summed E-state index contributed by atoms with van der Waals surface area (Å²) in [5.41, 5.74) is -1.25. The fraction of sp³-hybridized carbons (Fsp3) is 0.286. The molecule has 1 aromatic heterocycles. The molecular weight excluding hydrogens is 460 g/mol. The maximum Gasteiger partial charge on any atom is 0.239 e. The molecule has 0 bridgehead atoms. The highest BCUT2D eigenvalue weighted by Crippen LogP contribution is 2.49. The number of rotatable bonds is 2. The van der Waals surface area contributed by atoms with Gasteiger partial charge in [-0.15, -0.1) is 0 Å². The van der Waals surface area contributed by atoms with Crippen molar-refractivity contribution in [2.75, 3.05) is 6.61 Å². The summed E-state index contributed by atoms with van der Waals surface area (Å²) in [5.74, 6) is -5.05. The molecule has 1 aliphatic heterocycles. The molecule has 0 amide bonds. The summed E-state index contributed by atoms with van der Waals surface area (Å²) in [4.78, 5) is 12.2. The number of benzene rings is 2. The number of aliphatic hydroxyl groups is 5. The van der Waals surface area contributed by atoms with Gasteiger partial charge >= 0.3 is 0 Å². The van der Waals surface area contributed by atoms with E-state index in [1.165, 1.54) is 0 Å². The molecule has 0 aliphatic carbocycles. The van der Waals surface area contributed by atoms with Gasteiger partial charge in [-0.25, -0.2) is 0 Å². The zero-order valence-corrected chi connectivity index (χ0v) is 17.2. The van der Waals surface area contributed by atoms with Crippen LogP contribution in [0.1, 0.15) is 0 Å². The molecule has 2 heterocycles. The fourth-order valence-corrected chi connectivity index (χ4v) is 3.23. The topological polar surface area (TPSA) is 242 Å². The Balaban J connectivity index is 0.000000229. The Labute approximate surface area is 189 Å². The first-order chi connectivity index (χ1) is 16.0. The summed E-state index contributed by atoms with van der Waals surface area (Å²) < 4.78 is 9.85. The van der Waals surface area contributed by atoms with Gasteiger partial charge in [0.2, 0.25) is 28.4 Å². The predicted octanol–water partition coefficient (Wildman–Crippen LogP) is -1.23. The van der Waals surface area contributed by atoms with Crippen molar-refractivity contribution in [1.29, 1.82) is 0 Å². The third-order valence-electron chi connectivity index (χ3n) is 5.12. The lowest BCUT2D eigenvalue weighted by Gasteiger charge is -2.37. The van der Waals surface area contributed by atoms with E-state index in [0.717, 1.165) is 0 Å². The van der Waals surface area contributed by atoms with Crippen molar-refractivity contribution in [3.63, 3.8) is 0 Å². The second kappa shape index (κ2) is 9.72. The Kier molecular flexibility index (Phi) is 7.16. The number of hydrogen-bond acceptors (Lipinski definition) is 13. The number of aliphatic hydroxyl groups excluding tert-OH is 5. The Morgan fingerprint density at radius 1 is 0.735 bits per heavy atom. The second-order valence-corrected chi connectivity index (χ2v) is 7.29. The fourth-order valence-electron chi connectivity index (χ4n) is 3.23. The van der Waals surface area contributed by atoms with Crippen molar-refractivity contribution in [2.45, 2.75) is 30.7 Å². The van der Waals surface area contributed by atoms with Crippen LogP contribution in [-0.4, -0.2) is 88.4 Å². The monoisotopic (exact) mass is 482 g/mol. The van der Waals surface area contributed by atoms with Crippen LogP contribution in [0.25, 0.3) is 22.3 Å². The van der Waals surface area contributed by atoms with E-state index in [4.69, 9.17) is 29.9 Å². The Morgan fingerprint density at radius 2 is 1.32 bits per heavy atom. The summed E-state index contributed by atoms with van der Waals surface area (Å²) in [5, 5.41) is 92.5.